The van der Waals surface area contributed by atoms with Gasteiger partial charge in [-0.05, 0) is 60.2 Å². The third-order valence-corrected chi connectivity index (χ3v) is 14.7. The molecule has 1 aliphatic heterocycles. The van der Waals surface area contributed by atoms with Crippen LogP contribution in [0.3, 0.4) is 0 Å². The van der Waals surface area contributed by atoms with Gasteiger partial charge in [-0.1, -0.05) is 40.4 Å². The average molecular weight is 639 g/mol. The molecule has 0 spiro atoms. The minimum atomic E-state index is -2.92. The molecule has 1 aliphatic rings. The zero-order valence-electron chi connectivity index (χ0n) is 26.9. The van der Waals surface area contributed by atoms with Crippen LogP contribution in [0.15, 0.2) is 35.3 Å². The highest BCUT2D eigenvalue weighted by Gasteiger charge is 2.39. The van der Waals surface area contributed by atoms with Gasteiger partial charge in [0.05, 0.1) is 6.61 Å². The number of alkyl halides is 2. The maximum atomic E-state index is 14.5. The second kappa shape index (κ2) is 13.7. The summed E-state index contributed by atoms with van der Waals surface area (Å²) >= 11 is 0. The number of fused-ring (bicyclic) bond motifs is 1. The Labute approximate surface area is 255 Å². The molecular weight excluding hydrogens is 591 g/mol. The first-order valence-corrected chi connectivity index (χ1v) is 21.6. The molecule has 8 nitrogen and oxygen atoms in total. The van der Waals surface area contributed by atoms with Gasteiger partial charge < -0.3 is 18.5 Å². The molecule has 0 bridgehead atoms. The number of benzene rings is 1. The highest BCUT2D eigenvalue weighted by molar-refractivity contribution is 6.76. The Balaban J connectivity index is 1.60. The van der Waals surface area contributed by atoms with Crippen molar-refractivity contribution in [3.05, 3.63) is 40.8 Å². The van der Waals surface area contributed by atoms with E-state index in [1.807, 2.05) is 13.1 Å². The van der Waals surface area contributed by atoms with Crippen LogP contribution in [0.25, 0.3) is 10.8 Å². The van der Waals surface area contributed by atoms with E-state index in [1.54, 1.807) is 24.3 Å². The summed E-state index contributed by atoms with van der Waals surface area (Å²) in [6, 6.07) is 6.56. The molecule has 12 heteroatoms. The number of piperidine rings is 1. The first kappa shape index (κ1) is 35.1. The molecule has 1 unspecified atom stereocenters. The van der Waals surface area contributed by atoms with E-state index < -0.39 is 40.7 Å². The Morgan fingerprint density at radius 2 is 1.63 bits per heavy atom. The van der Waals surface area contributed by atoms with Crippen LogP contribution in [0, 0.1) is 0 Å². The van der Waals surface area contributed by atoms with Crippen LogP contribution >= 0.6 is 0 Å². The molecule has 0 saturated carbocycles. The fourth-order valence-electron chi connectivity index (χ4n) is 4.44. The molecule has 1 atom stereocenters. The van der Waals surface area contributed by atoms with E-state index in [2.05, 4.69) is 40.4 Å². The predicted octanol–water partition coefficient (Wildman–Crippen LogP) is 6.82. The fraction of sp³-hybridized carbons (Fsp3) is 0.645. The molecule has 43 heavy (non-hydrogen) atoms. The summed E-state index contributed by atoms with van der Waals surface area (Å²) in [6.45, 7) is 17.1. The van der Waals surface area contributed by atoms with Crippen LogP contribution in [0.1, 0.15) is 52.5 Å². The van der Waals surface area contributed by atoms with Crippen molar-refractivity contribution in [2.45, 2.75) is 102 Å². The number of carbonyl (C=O) groups excluding carboxylic acids is 2. The highest BCUT2D eigenvalue weighted by atomic mass is 28.4. The van der Waals surface area contributed by atoms with Crippen molar-refractivity contribution < 1.29 is 32.3 Å². The lowest BCUT2D eigenvalue weighted by molar-refractivity contribution is -0.157. The number of aromatic nitrogens is 1. The van der Waals surface area contributed by atoms with Gasteiger partial charge >= 0.3 is 0 Å². The van der Waals surface area contributed by atoms with E-state index in [-0.39, 0.29) is 55.7 Å². The predicted molar refractivity (Wildman–Crippen MR) is 170 cm³/mol. The lowest BCUT2D eigenvalue weighted by Crippen LogP contribution is -2.48. The molecule has 1 aromatic heterocycles. The Kier molecular flexibility index (Phi) is 11.2. The summed E-state index contributed by atoms with van der Waals surface area (Å²) in [4.78, 5) is 40.1. The number of nitrogens with zero attached hydrogens (tertiary/aromatic N) is 2. The summed E-state index contributed by atoms with van der Waals surface area (Å²) in [6.07, 6.45) is 1.08. The van der Waals surface area contributed by atoms with E-state index in [0.29, 0.717) is 23.1 Å². The largest absolute Gasteiger partial charge is 0.493 e. The number of likely N-dealkylation sites (tertiary alicyclic amines) is 1. The molecule has 2 aromatic rings. The normalized spacial score (nSPS) is 17.2. The van der Waals surface area contributed by atoms with E-state index in [0.717, 1.165) is 10.9 Å². The number of carbonyl (C=O) groups is 2. The topological polar surface area (TPSA) is 87.1 Å². The molecular formula is C31H48F2N2O6Si2. The molecule has 0 N–H and O–H groups in total. The van der Waals surface area contributed by atoms with Gasteiger partial charge in [0.25, 0.3) is 17.4 Å². The molecule has 1 fully saturated rings. The number of pyridine rings is 1. The first-order chi connectivity index (χ1) is 19.8. The molecule has 1 saturated heterocycles. The molecule has 2 amide bonds. The summed E-state index contributed by atoms with van der Waals surface area (Å²) in [5, 5.41) is 0.891. The smallest absolute Gasteiger partial charge is 0.259 e. The van der Waals surface area contributed by atoms with Crippen molar-refractivity contribution in [1.29, 1.82) is 0 Å². The number of rotatable bonds is 14. The fourth-order valence-corrected chi connectivity index (χ4v) is 6.24. The second-order valence-corrected chi connectivity index (χ2v) is 24.6. The monoisotopic (exact) mass is 638 g/mol. The van der Waals surface area contributed by atoms with Crippen molar-refractivity contribution in [3.63, 3.8) is 0 Å². The zero-order chi connectivity index (χ0) is 32.2. The number of ether oxygens (including phenoxy) is 2. The Morgan fingerprint density at radius 1 is 0.953 bits per heavy atom. The number of hydrogen-bond acceptors (Lipinski definition) is 6. The van der Waals surface area contributed by atoms with Crippen molar-refractivity contribution in [1.82, 2.24) is 9.47 Å². The van der Waals surface area contributed by atoms with E-state index in [1.165, 1.54) is 10.8 Å². The van der Waals surface area contributed by atoms with E-state index >= 15 is 0 Å². The van der Waals surface area contributed by atoms with Crippen LogP contribution in [-0.4, -0.2) is 70.1 Å². The Morgan fingerprint density at radius 3 is 2.28 bits per heavy atom. The molecule has 0 radical (unpaired) electrons. The van der Waals surface area contributed by atoms with Crippen molar-refractivity contribution in [2.24, 2.45) is 0 Å². The molecule has 0 aliphatic carbocycles. The number of halogens is 2. The van der Waals surface area contributed by atoms with Gasteiger partial charge in [-0.2, -0.15) is 0 Å². The third kappa shape index (κ3) is 9.53. The number of imide groups is 1. The number of hydrogen-bond donors (Lipinski definition) is 0. The van der Waals surface area contributed by atoms with Gasteiger partial charge in [0.15, 0.2) is 8.32 Å². The van der Waals surface area contributed by atoms with Crippen molar-refractivity contribution in [3.8, 4) is 5.75 Å². The summed E-state index contributed by atoms with van der Waals surface area (Å²) in [7, 11) is -3.41. The van der Waals surface area contributed by atoms with Crippen LogP contribution in [0.4, 0.5) is 8.78 Å². The average Bonchev–Trinajstić information content (AvgIpc) is 2.87. The van der Waals surface area contributed by atoms with Crippen LogP contribution in [0.5, 0.6) is 5.75 Å². The third-order valence-electron chi connectivity index (χ3n) is 8.41. The zero-order valence-corrected chi connectivity index (χ0v) is 28.9. The highest BCUT2D eigenvalue weighted by Crippen LogP contribution is 2.37. The number of amides is 2. The second-order valence-electron chi connectivity index (χ2n) is 14.2. The lowest BCUT2D eigenvalue weighted by Gasteiger charge is -2.36. The van der Waals surface area contributed by atoms with Crippen LogP contribution < -0.4 is 10.3 Å². The van der Waals surface area contributed by atoms with Gasteiger partial charge in [0.1, 0.15) is 18.5 Å². The minimum Gasteiger partial charge on any atom is -0.493 e. The summed E-state index contributed by atoms with van der Waals surface area (Å²) in [5.74, 6) is -3.31. The molecule has 240 valence electrons. The van der Waals surface area contributed by atoms with Gasteiger partial charge in [0.2, 0.25) is 5.91 Å². The van der Waals surface area contributed by atoms with Crippen molar-refractivity contribution in [2.75, 3.05) is 26.6 Å². The first-order valence-electron chi connectivity index (χ1n) is 15.0. The van der Waals surface area contributed by atoms with Gasteiger partial charge in [0, 0.05) is 52.1 Å². The van der Waals surface area contributed by atoms with E-state index in [4.69, 9.17) is 13.9 Å². The van der Waals surface area contributed by atoms with Crippen LogP contribution in [-0.2, 0) is 18.8 Å². The van der Waals surface area contributed by atoms with E-state index in [9.17, 15) is 23.2 Å². The molecule has 3 rings (SSSR count). The van der Waals surface area contributed by atoms with Crippen LogP contribution in [0.2, 0.25) is 43.8 Å². The molecule has 2 heterocycles. The summed E-state index contributed by atoms with van der Waals surface area (Å²) < 4.78 is 47.5. The standard InChI is InChI=1S/C31H48F2N2O6Si2/c1-30(2,3)43(7,8)41-18-15-31(32,33)14-17-40-24-9-10-25-23(21-24)13-16-34(28(25)37)26-11-12-27(36)35(29(26)38)22-39-19-20-42(4,5)6/h9-10,13,16,21,26H,11-12,14-15,17-20,22H2,1-8H3. The van der Waals surface area contributed by atoms with Gasteiger partial charge in [-0.25, -0.2) is 8.78 Å². The Hall–Kier alpha value is -2.42. The van der Waals surface area contributed by atoms with Gasteiger partial charge in [-0.3, -0.25) is 19.3 Å². The SMILES string of the molecule is CC(C)(C)[Si](C)(C)OCCC(F)(F)CCOc1ccc2c(=O)n(C3CCC(=O)N(COCC[Si](C)(C)C)C3=O)ccc2c1. The lowest BCUT2D eigenvalue weighted by atomic mass is 10.0. The maximum absolute atomic E-state index is 14.5. The van der Waals surface area contributed by atoms with Gasteiger partial charge in [-0.15, -0.1) is 0 Å². The maximum Gasteiger partial charge on any atom is 0.259 e. The molecule has 1 aromatic carbocycles. The summed E-state index contributed by atoms with van der Waals surface area (Å²) in [5.41, 5.74) is -0.371. The Bertz CT molecular complexity index is 1350. The quantitative estimate of drug-likeness (QED) is 0.128. The van der Waals surface area contributed by atoms with Crippen molar-refractivity contribution >= 4 is 39.0 Å². The minimum absolute atomic E-state index is 0.00673.